The van der Waals surface area contributed by atoms with Gasteiger partial charge in [0.15, 0.2) is 5.78 Å². The minimum absolute atomic E-state index is 0.0327. The molecule has 4 nitrogen and oxygen atoms in total. The zero-order valence-electron chi connectivity index (χ0n) is 12.0. The topological polar surface area (TPSA) is 54.9 Å². The molecule has 0 bridgehead atoms. The number of ketones is 1. The first-order valence-electron chi connectivity index (χ1n) is 6.80. The molecule has 120 valence electrons. The molecule has 2 rings (SSSR count). The van der Waals surface area contributed by atoms with Crippen LogP contribution in [0.4, 0.5) is 19.0 Å². The summed E-state index contributed by atoms with van der Waals surface area (Å²) in [5.74, 6) is -0.665. The molecule has 0 aliphatic rings. The van der Waals surface area contributed by atoms with Gasteiger partial charge >= 0.3 is 6.18 Å². The van der Waals surface area contributed by atoms with Crippen LogP contribution in [-0.2, 0) is 4.79 Å². The number of hydrogen-bond acceptors (Lipinski definition) is 4. The van der Waals surface area contributed by atoms with Gasteiger partial charge in [0, 0.05) is 18.8 Å². The summed E-state index contributed by atoms with van der Waals surface area (Å²) in [4.78, 5) is 19.2. The molecule has 0 radical (unpaired) electrons. The quantitative estimate of drug-likeness (QED) is 0.828. The zero-order chi connectivity index (χ0) is 16.7. The maximum Gasteiger partial charge on any atom is 0.409 e. The Morgan fingerprint density at radius 2 is 1.96 bits per heavy atom. The van der Waals surface area contributed by atoms with Crippen LogP contribution in [0.5, 0.6) is 0 Å². The fraction of sp³-hybridized carbons (Fsp3) is 0.188. The van der Waals surface area contributed by atoms with E-state index in [0.717, 1.165) is 11.6 Å². The summed E-state index contributed by atoms with van der Waals surface area (Å²) in [6, 6.07) is 6.85. The van der Waals surface area contributed by atoms with Gasteiger partial charge in [-0.2, -0.15) is 13.2 Å². The second kappa shape index (κ2) is 7.53. The van der Waals surface area contributed by atoms with Crippen molar-refractivity contribution in [1.29, 1.82) is 0 Å². The van der Waals surface area contributed by atoms with Crippen LogP contribution >= 0.6 is 0 Å². The van der Waals surface area contributed by atoms with Crippen molar-refractivity contribution in [3.05, 3.63) is 60.6 Å². The summed E-state index contributed by atoms with van der Waals surface area (Å²) < 4.78 is 39.1. The molecule has 0 aliphatic heterocycles. The molecule has 1 atom stereocenters. The molecule has 1 aromatic heterocycles. The summed E-state index contributed by atoms with van der Waals surface area (Å²) in [6.07, 6.45) is 1.12. The smallest absolute Gasteiger partial charge is 0.357 e. The van der Waals surface area contributed by atoms with Crippen molar-refractivity contribution in [2.24, 2.45) is 0 Å². The third-order valence-electron chi connectivity index (χ3n) is 2.95. The number of hydrogen-bond donors (Lipinski definition) is 1. The van der Waals surface area contributed by atoms with Crippen LogP contribution in [0.25, 0.3) is 6.08 Å². The third kappa shape index (κ3) is 5.54. The van der Waals surface area contributed by atoms with Crippen molar-refractivity contribution in [3.63, 3.8) is 0 Å². The van der Waals surface area contributed by atoms with Gasteiger partial charge in [0.25, 0.3) is 0 Å². The Labute approximate surface area is 131 Å². The fourth-order valence-electron chi connectivity index (χ4n) is 1.82. The summed E-state index contributed by atoms with van der Waals surface area (Å²) in [7, 11) is 0. The lowest BCUT2D eigenvalue weighted by molar-refractivity contribution is -0.148. The molecule has 1 heterocycles. The van der Waals surface area contributed by atoms with Crippen LogP contribution < -0.4 is 5.32 Å². The molecule has 0 aliphatic carbocycles. The van der Waals surface area contributed by atoms with E-state index >= 15 is 0 Å². The molecule has 1 N–H and O–H groups in total. The number of rotatable bonds is 6. The second-order valence-corrected chi connectivity index (χ2v) is 4.74. The SMILES string of the molecule is O=C(/C=C/c1ccccc1)CC(Nc1cnccn1)C(F)(F)F. The Bertz CT molecular complexity index is 657. The minimum Gasteiger partial charge on any atom is -0.357 e. The average molecular weight is 321 g/mol. The summed E-state index contributed by atoms with van der Waals surface area (Å²) >= 11 is 0. The van der Waals surface area contributed by atoms with Gasteiger partial charge in [-0.15, -0.1) is 0 Å². The number of carbonyl (C=O) groups is 1. The highest BCUT2D eigenvalue weighted by molar-refractivity contribution is 5.94. The molecule has 0 fully saturated rings. The van der Waals surface area contributed by atoms with Crippen LogP contribution in [0.3, 0.4) is 0 Å². The Morgan fingerprint density at radius 3 is 2.57 bits per heavy atom. The van der Waals surface area contributed by atoms with Crippen LogP contribution in [-0.4, -0.2) is 28.0 Å². The van der Waals surface area contributed by atoms with Gasteiger partial charge in [-0.25, -0.2) is 4.98 Å². The van der Waals surface area contributed by atoms with E-state index in [2.05, 4.69) is 15.3 Å². The number of nitrogens with one attached hydrogen (secondary N) is 1. The van der Waals surface area contributed by atoms with E-state index in [0.29, 0.717) is 0 Å². The summed E-state index contributed by atoms with van der Waals surface area (Å²) in [5, 5.41) is 2.19. The highest BCUT2D eigenvalue weighted by atomic mass is 19.4. The number of anilines is 1. The van der Waals surface area contributed by atoms with Crippen molar-refractivity contribution < 1.29 is 18.0 Å². The molecular weight excluding hydrogens is 307 g/mol. The van der Waals surface area contributed by atoms with E-state index in [9.17, 15) is 18.0 Å². The highest BCUT2D eigenvalue weighted by Gasteiger charge is 2.40. The monoisotopic (exact) mass is 321 g/mol. The van der Waals surface area contributed by atoms with Gasteiger partial charge in [0.2, 0.25) is 0 Å². The number of carbonyl (C=O) groups excluding carboxylic acids is 1. The van der Waals surface area contributed by atoms with Gasteiger partial charge in [-0.1, -0.05) is 36.4 Å². The minimum atomic E-state index is -4.58. The van der Waals surface area contributed by atoms with Crippen molar-refractivity contribution in [2.45, 2.75) is 18.6 Å². The van der Waals surface area contributed by atoms with E-state index in [4.69, 9.17) is 0 Å². The zero-order valence-corrected chi connectivity index (χ0v) is 12.0. The Hall–Kier alpha value is -2.70. The van der Waals surface area contributed by atoms with Gasteiger partial charge in [0.05, 0.1) is 6.20 Å². The van der Waals surface area contributed by atoms with Gasteiger partial charge < -0.3 is 5.32 Å². The number of halogens is 3. The number of benzene rings is 1. The fourth-order valence-corrected chi connectivity index (χ4v) is 1.82. The first-order valence-corrected chi connectivity index (χ1v) is 6.80. The van der Waals surface area contributed by atoms with E-state index in [1.165, 1.54) is 24.7 Å². The second-order valence-electron chi connectivity index (χ2n) is 4.74. The Kier molecular flexibility index (Phi) is 5.46. The molecule has 0 spiro atoms. The number of nitrogens with zero attached hydrogens (tertiary/aromatic N) is 2. The van der Waals surface area contributed by atoms with E-state index in [1.54, 1.807) is 24.3 Å². The highest BCUT2D eigenvalue weighted by Crippen LogP contribution is 2.25. The van der Waals surface area contributed by atoms with Crippen molar-refractivity contribution in [1.82, 2.24) is 9.97 Å². The first-order chi connectivity index (χ1) is 10.9. The molecule has 23 heavy (non-hydrogen) atoms. The normalized spacial score (nSPS) is 13.0. The Balaban J connectivity index is 2.03. The summed E-state index contributed by atoms with van der Waals surface area (Å²) in [6.45, 7) is 0. The number of allylic oxidation sites excluding steroid dienone is 1. The van der Waals surface area contributed by atoms with Crippen molar-refractivity contribution >= 4 is 17.7 Å². The third-order valence-corrected chi connectivity index (χ3v) is 2.95. The van der Waals surface area contributed by atoms with Crippen LogP contribution in [0, 0.1) is 0 Å². The molecule has 1 aromatic carbocycles. The van der Waals surface area contributed by atoms with Crippen LogP contribution in [0.1, 0.15) is 12.0 Å². The predicted octanol–water partition coefficient (Wildman–Crippen LogP) is 3.49. The lowest BCUT2D eigenvalue weighted by Crippen LogP contribution is -2.38. The van der Waals surface area contributed by atoms with Crippen LogP contribution in [0.2, 0.25) is 0 Å². The van der Waals surface area contributed by atoms with Crippen molar-refractivity contribution in [3.8, 4) is 0 Å². The maximum atomic E-state index is 13.0. The van der Waals surface area contributed by atoms with E-state index in [-0.39, 0.29) is 5.82 Å². The largest absolute Gasteiger partial charge is 0.409 e. The Morgan fingerprint density at radius 1 is 1.22 bits per heavy atom. The molecule has 0 amide bonds. The van der Waals surface area contributed by atoms with Crippen molar-refractivity contribution in [2.75, 3.05) is 5.32 Å². The molecular formula is C16H14F3N3O. The van der Waals surface area contributed by atoms with Crippen LogP contribution in [0.15, 0.2) is 55.0 Å². The molecule has 0 saturated carbocycles. The lowest BCUT2D eigenvalue weighted by Gasteiger charge is -2.20. The predicted molar refractivity (Wildman–Crippen MR) is 80.6 cm³/mol. The first kappa shape index (κ1) is 16.7. The lowest BCUT2D eigenvalue weighted by atomic mass is 10.1. The molecule has 1 unspecified atom stereocenters. The maximum absolute atomic E-state index is 13.0. The number of alkyl halides is 3. The van der Waals surface area contributed by atoms with E-state index < -0.39 is 24.4 Å². The number of aromatic nitrogens is 2. The molecule has 0 saturated heterocycles. The van der Waals surface area contributed by atoms with Gasteiger partial charge in [-0.05, 0) is 11.6 Å². The van der Waals surface area contributed by atoms with Gasteiger partial charge in [-0.3, -0.25) is 9.78 Å². The summed E-state index contributed by atoms with van der Waals surface area (Å²) in [5.41, 5.74) is 0.742. The average Bonchev–Trinajstić information content (AvgIpc) is 2.53. The van der Waals surface area contributed by atoms with Gasteiger partial charge in [0.1, 0.15) is 11.9 Å². The molecule has 2 aromatic rings. The standard InChI is InChI=1S/C16H14F3N3O/c17-16(18,19)14(22-15-11-20-8-9-21-15)10-13(23)7-6-12-4-2-1-3-5-12/h1-9,11,14H,10H2,(H,21,22)/b7-6+. The molecule has 7 heteroatoms. The van der Waals surface area contributed by atoms with E-state index in [1.807, 2.05) is 6.07 Å².